The molecule has 0 spiro atoms. The molecule has 0 saturated heterocycles. The first-order valence-corrected chi connectivity index (χ1v) is 4.47. The molecule has 0 radical (unpaired) electrons. The van der Waals surface area contributed by atoms with E-state index < -0.39 is 0 Å². The molecule has 0 aromatic heterocycles. The third kappa shape index (κ3) is 1.72. The van der Waals surface area contributed by atoms with E-state index in [-0.39, 0.29) is 0 Å². The van der Waals surface area contributed by atoms with Gasteiger partial charge in [0.25, 0.3) is 0 Å². The van der Waals surface area contributed by atoms with Crippen molar-refractivity contribution in [1.82, 2.24) is 0 Å². The lowest BCUT2D eigenvalue weighted by atomic mass is 9.77. The van der Waals surface area contributed by atoms with E-state index in [0.717, 1.165) is 11.8 Å². The predicted octanol–water partition coefficient (Wildman–Crippen LogP) is 2.16. The highest BCUT2D eigenvalue weighted by Crippen LogP contribution is 2.30. The van der Waals surface area contributed by atoms with E-state index in [0.29, 0.717) is 6.04 Å². The molecule has 1 rings (SSSR count). The van der Waals surface area contributed by atoms with Crippen LogP contribution in [-0.4, -0.2) is 6.04 Å². The fourth-order valence-corrected chi connectivity index (χ4v) is 2.13. The normalized spacial score (nSPS) is 37.5. The van der Waals surface area contributed by atoms with Crippen molar-refractivity contribution in [3.8, 4) is 0 Å². The van der Waals surface area contributed by atoms with Crippen LogP contribution in [0.25, 0.3) is 0 Å². The van der Waals surface area contributed by atoms with Crippen molar-refractivity contribution in [2.45, 2.75) is 45.6 Å². The zero-order valence-corrected chi connectivity index (χ0v) is 7.14. The third-order valence-electron chi connectivity index (χ3n) is 2.85. The van der Waals surface area contributed by atoms with Gasteiger partial charge in [-0.15, -0.1) is 0 Å². The van der Waals surface area contributed by atoms with Crippen LogP contribution < -0.4 is 5.73 Å². The number of hydrogen-bond donors (Lipinski definition) is 1. The fourth-order valence-electron chi connectivity index (χ4n) is 2.13. The van der Waals surface area contributed by atoms with E-state index in [1.807, 2.05) is 0 Å². The van der Waals surface area contributed by atoms with Crippen molar-refractivity contribution in [2.24, 2.45) is 17.6 Å². The largest absolute Gasteiger partial charge is 0.328 e. The molecule has 0 amide bonds. The zero-order valence-electron chi connectivity index (χ0n) is 7.14. The molecule has 0 unspecified atom stereocenters. The van der Waals surface area contributed by atoms with Gasteiger partial charge in [0.1, 0.15) is 0 Å². The molecular weight excluding hydrogens is 122 g/mol. The number of rotatable bonds is 1. The quantitative estimate of drug-likeness (QED) is 0.595. The molecular formula is C9H19N. The summed E-state index contributed by atoms with van der Waals surface area (Å²) in [6.07, 6.45) is 5.58. The van der Waals surface area contributed by atoms with Gasteiger partial charge in [-0.25, -0.2) is 0 Å². The van der Waals surface area contributed by atoms with E-state index in [4.69, 9.17) is 5.73 Å². The van der Waals surface area contributed by atoms with Crippen molar-refractivity contribution in [3.05, 3.63) is 0 Å². The first kappa shape index (κ1) is 8.06. The summed E-state index contributed by atoms with van der Waals surface area (Å²) >= 11 is 0. The second-order valence-corrected chi connectivity index (χ2v) is 3.78. The van der Waals surface area contributed by atoms with Gasteiger partial charge in [0.05, 0.1) is 0 Å². The van der Waals surface area contributed by atoms with Gasteiger partial charge in [0, 0.05) is 6.04 Å². The molecule has 1 heteroatoms. The average Bonchev–Trinajstić information content (AvgIpc) is 1.88. The van der Waals surface area contributed by atoms with E-state index in [1.165, 1.54) is 25.7 Å². The lowest BCUT2D eigenvalue weighted by Crippen LogP contribution is -2.33. The minimum atomic E-state index is 0.412. The zero-order chi connectivity index (χ0) is 7.56. The summed E-state index contributed by atoms with van der Waals surface area (Å²) in [6.45, 7) is 4.49. The summed E-state index contributed by atoms with van der Waals surface area (Å²) in [5.74, 6) is 1.67. The van der Waals surface area contributed by atoms with Gasteiger partial charge in [-0.1, -0.05) is 26.2 Å². The van der Waals surface area contributed by atoms with Gasteiger partial charge >= 0.3 is 0 Å². The van der Waals surface area contributed by atoms with E-state index in [9.17, 15) is 0 Å². The van der Waals surface area contributed by atoms with Crippen molar-refractivity contribution in [2.75, 3.05) is 0 Å². The van der Waals surface area contributed by atoms with Crippen LogP contribution in [0.5, 0.6) is 0 Å². The Kier molecular flexibility index (Phi) is 2.72. The van der Waals surface area contributed by atoms with Crippen LogP contribution in [0.3, 0.4) is 0 Å². The Morgan fingerprint density at radius 3 is 2.30 bits per heavy atom. The smallest absolute Gasteiger partial charge is 0.00413 e. The second-order valence-electron chi connectivity index (χ2n) is 3.78. The van der Waals surface area contributed by atoms with Crippen LogP contribution in [0, 0.1) is 11.8 Å². The summed E-state index contributed by atoms with van der Waals surface area (Å²) in [7, 11) is 0. The molecule has 0 aromatic rings. The van der Waals surface area contributed by atoms with Gasteiger partial charge in [0.15, 0.2) is 0 Å². The van der Waals surface area contributed by atoms with Crippen LogP contribution in [0.15, 0.2) is 0 Å². The Balaban J connectivity index is 2.40. The molecule has 60 valence electrons. The van der Waals surface area contributed by atoms with E-state index in [1.54, 1.807) is 0 Å². The summed E-state index contributed by atoms with van der Waals surface area (Å²) in [5, 5.41) is 0. The Hall–Kier alpha value is -0.0400. The van der Waals surface area contributed by atoms with Crippen molar-refractivity contribution >= 4 is 0 Å². The van der Waals surface area contributed by atoms with Gasteiger partial charge in [-0.2, -0.15) is 0 Å². The third-order valence-corrected chi connectivity index (χ3v) is 2.85. The highest BCUT2D eigenvalue weighted by Gasteiger charge is 2.23. The standard InChI is InChI=1S/C9H19N/c1-7-5-3-4-6-9(7)8(2)10/h7-9H,3-6,10H2,1-2H3/t7-,8-,9+/m0/s1. The van der Waals surface area contributed by atoms with Crippen LogP contribution in [0.1, 0.15) is 39.5 Å². The summed E-state index contributed by atoms with van der Waals surface area (Å²) < 4.78 is 0. The van der Waals surface area contributed by atoms with Crippen LogP contribution in [-0.2, 0) is 0 Å². The molecule has 2 N–H and O–H groups in total. The van der Waals surface area contributed by atoms with Gasteiger partial charge in [-0.3, -0.25) is 0 Å². The second kappa shape index (κ2) is 3.38. The molecule has 0 bridgehead atoms. The summed E-state index contributed by atoms with van der Waals surface area (Å²) in [5.41, 5.74) is 5.86. The van der Waals surface area contributed by atoms with E-state index in [2.05, 4.69) is 13.8 Å². The maximum absolute atomic E-state index is 5.86. The first-order chi connectivity index (χ1) is 4.72. The molecule has 0 aromatic carbocycles. The lowest BCUT2D eigenvalue weighted by Gasteiger charge is -2.31. The monoisotopic (exact) mass is 141 g/mol. The van der Waals surface area contributed by atoms with Crippen molar-refractivity contribution in [1.29, 1.82) is 0 Å². The lowest BCUT2D eigenvalue weighted by molar-refractivity contribution is 0.225. The van der Waals surface area contributed by atoms with Crippen LogP contribution in [0.2, 0.25) is 0 Å². The van der Waals surface area contributed by atoms with Gasteiger partial charge in [-0.05, 0) is 25.2 Å². The first-order valence-electron chi connectivity index (χ1n) is 4.47. The molecule has 1 saturated carbocycles. The Morgan fingerprint density at radius 2 is 1.90 bits per heavy atom. The summed E-state index contributed by atoms with van der Waals surface area (Å²) in [4.78, 5) is 0. The van der Waals surface area contributed by atoms with Gasteiger partial charge in [0.2, 0.25) is 0 Å². The summed E-state index contributed by atoms with van der Waals surface area (Å²) in [6, 6.07) is 0.412. The molecule has 0 heterocycles. The SMILES string of the molecule is C[C@H](N)[C@@H]1CCCC[C@@H]1C. The highest BCUT2D eigenvalue weighted by molar-refractivity contribution is 4.77. The number of nitrogens with two attached hydrogens (primary N) is 1. The minimum absolute atomic E-state index is 0.412. The minimum Gasteiger partial charge on any atom is -0.328 e. The molecule has 1 aliphatic rings. The topological polar surface area (TPSA) is 26.0 Å². The number of hydrogen-bond acceptors (Lipinski definition) is 1. The molecule has 0 aliphatic heterocycles. The van der Waals surface area contributed by atoms with Gasteiger partial charge < -0.3 is 5.73 Å². The Labute approximate surface area is 64.0 Å². The Bertz CT molecular complexity index is 98.9. The van der Waals surface area contributed by atoms with Crippen molar-refractivity contribution in [3.63, 3.8) is 0 Å². The molecule has 3 atom stereocenters. The highest BCUT2D eigenvalue weighted by atomic mass is 14.6. The van der Waals surface area contributed by atoms with E-state index >= 15 is 0 Å². The average molecular weight is 141 g/mol. The molecule has 1 nitrogen and oxygen atoms in total. The fraction of sp³-hybridized carbons (Fsp3) is 1.00. The van der Waals surface area contributed by atoms with Crippen LogP contribution in [0.4, 0.5) is 0 Å². The molecule has 10 heavy (non-hydrogen) atoms. The predicted molar refractivity (Wildman–Crippen MR) is 44.8 cm³/mol. The molecule has 1 fully saturated rings. The van der Waals surface area contributed by atoms with Crippen molar-refractivity contribution < 1.29 is 0 Å². The molecule has 1 aliphatic carbocycles. The Morgan fingerprint density at radius 1 is 1.30 bits per heavy atom. The maximum Gasteiger partial charge on any atom is 0.00413 e. The maximum atomic E-state index is 5.86. The van der Waals surface area contributed by atoms with Crippen LogP contribution >= 0.6 is 0 Å².